The highest BCUT2D eigenvalue weighted by molar-refractivity contribution is 5.95. The summed E-state index contributed by atoms with van der Waals surface area (Å²) in [5.41, 5.74) is 3.32. The van der Waals surface area contributed by atoms with E-state index in [1.807, 2.05) is 30.3 Å². The van der Waals surface area contributed by atoms with Crippen LogP contribution >= 0.6 is 0 Å². The number of carbonyl (C=O) groups excluding carboxylic acids is 2. The van der Waals surface area contributed by atoms with Crippen LogP contribution in [0, 0.1) is 0 Å². The third kappa shape index (κ3) is 4.38. The molecule has 0 aliphatic carbocycles. The second-order valence-electron chi connectivity index (χ2n) is 4.92. The summed E-state index contributed by atoms with van der Waals surface area (Å²) in [4.78, 5) is 25.3. The predicted molar refractivity (Wildman–Crippen MR) is 85.3 cm³/mol. The maximum Gasteiger partial charge on any atom is 0.274 e. The SMILES string of the molecule is O=C(NO)c1ccc(CC(=O)N(CCO)c2ccccc2)cc1. The van der Waals surface area contributed by atoms with Gasteiger partial charge in [0, 0.05) is 17.8 Å². The summed E-state index contributed by atoms with van der Waals surface area (Å²) in [6.07, 6.45) is 0.149. The number of aliphatic hydroxyl groups is 1. The Bertz CT molecular complexity index is 656. The number of hydroxylamine groups is 1. The van der Waals surface area contributed by atoms with E-state index in [1.54, 1.807) is 17.6 Å². The summed E-state index contributed by atoms with van der Waals surface area (Å²) in [6.45, 7) is 0.0874. The first-order chi connectivity index (χ1) is 11.2. The van der Waals surface area contributed by atoms with E-state index in [2.05, 4.69) is 0 Å². The standard InChI is InChI=1S/C17H18N2O4/c20-11-10-19(15-4-2-1-3-5-15)16(21)12-13-6-8-14(9-7-13)17(22)18-23/h1-9,20,23H,10-12H2,(H,18,22). The molecule has 0 saturated carbocycles. The van der Waals surface area contributed by atoms with Gasteiger partial charge in [-0.05, 0) is 29.8 Å². The average molecular weight is 314 g/mol. The molecule has 0 radical (unpaired) electrons. The molecular weight excluding hydrogens is 296 g/mol. The Morgan fingerprint density at radius 1 is 1.00 bits per heavy atom. The molecule has 6 heteroatoms. The molecule has 0 saturated heterocycles. The lowest BCUT2D eigenvalue weighted by molar-refractivity contribution is -0.118. The third-order valence-corrected chi connectivity index (χ3v) is 3.37. The zero-order valence-electron chi connectivity index (χ0n) is 12.5. The number of rotatable bonds is 6. The van der Waals surface area contributed by atoms with Crippen LogP contribution in [-0.4, -0.2) is 35.3 Å². The van der Waals surface area contributed by atoms with Crippen LogP contribution in [0.15, 0.2) is 54.6 Å². The summed E-state index contributed by atoms with van der Waals surface area (Å²) in [7, 11) is 0. The zero-order valence-corrected chi connectivity index (χ0v) is 12.5. The topological polar surface area (TPSA) is 89.9 Å². The molecule has 0 spiro atoms. The van der Waals surface area contributed by atoms with Crippen molar-refractivity contribution < 1.29 is 19.9 Å². The Morgan fingerprint density at radius 3 is 2.22 bits per heavy atom. The van der Waals surface area contributed by atoms with Crippen LogP contribution < -0.4 is 10.4 Å². The molecule has 2 amide bonds. The third-order valence-electron chi connectivity index (χ3n) is 3.37. The van der Waals surface area contributed by atoms with Crippen LogP contribution in [-0.2, 0) is 11.2 Å². The molecule has 120 valence electrons. The van der Waals surface area contributed by atoms with Gasteiger partial charge in [0.05, 0.1) is 13.0 Å². The van der Waals surface area contributed by atoms with Crippen molar-refractivity contribution in [3.63, 3.8) is 0 Å². The number of anilines is 1. The molecule has 0 fully saturated rings. The van der Waals surface area contributed by atoms with E-state index in [1.165, 1.54) is 17.0 Å². The fraction of sp³-hybridized carbons (Fsp3) is 0.176. The zero-order chi connectivity index (χ0) is 16.7. The van der Waals surface area contributed by atoms with Crippen molar-refractivity contribution >= 4 is 17.5 Å². The summed E-state index contributed by atoms with van der Waals surface area (Å²) >= 11 is 0. The number of nitrogens with zero attached hydrogens (tertiary/aromatic N) is 1. The minimum Gasteiger partial charge on any atom is -0.395 e. The molecule has 3 N–H and O–H groups in total. The van der Waals surface area contributed by atoms with Crippen LogP contribution in [0.3, 0.4) is 0 Å². The van der Waals surface area contributed by atoms with Gasteiger partial charge in [-0.3, -0.25) is 14.8 Å². The van der Waals surface area contributed by atoms with E-state index in [9.17, 15) is 14.7 Å². The summed E-state index contributed by atoms with van der Waals surface area (Å²) in [6, 6.07) is 15.5. The molecule has 0 atom stereocenters. The maximum absolute atomic E-state index is 12.5. The first-order valence-electron chi connectivity index (χ1n) is 7.15. The lowest BCUT2D eigenvalue weighted by Crippen LogP contribution is -2.34. The molecule has 0 heterocycles. The van der Waals surface area contributed by atoms with Gasteiger partial charge in [-0.25, -0.2) is 5.48 Å². The van der Waals surface area contributed by atoms with Crippen molar-refractivity contribution in [3.8, 4) is 0 Å². The summed E-state index contributed by atoms with van der Waals surface area (Å²) in [5, 5.41) is 17.8. The van der Waals surface area contributed by atoms with Crippen LogP contribution in [0.25, 0.3) is 0 Å². The van der Waals surface area contributed by atoms with Crippen molar-refractivity contribution in [2.45, 2.75) is 6.42 Å². The van der Waals surface area contributed by atoms with Gasteiger partial charge in [-0.1, -0.05) is 30.3 Å². The maximum atomic E-state index is 12.5. The Kier molecular flexibility index (Phi) is 5.85. The van der Waals surface area contributed by atoms with Crippen molar-refractivity contribution in [2.75, 3.05) is 18.1 Å². The number of hydrogen-bond acceptors (Lipinski definition) is 4. The number of benzene rings is 2. The normalized spacial score (nSPS) is 10.2. The Balaban J connectivity index is 2.11. The van der Waals surface area contributed by atoms with Gasteiger partial charge < -0.3 is 10.0 Å². The number of aliphatic hydroxyl groups excluding tert-OH is 1. The van der Waals surface area contributed by atoms with Crippen LogP contribution in [0.2, 0.25) is 0 Å². The number of nitrogens with one attached hydrogen (secondary N) is 1. The van der Waals surface area contributed by atoms with Crippen LogP contribution in [0.1, 0.15) is 15.9 Å². The van der Waals surface area contributed by atoms with E-state index in [4.69, 9.17) is 5.21 Å². The molecule has 2 rings (SSSR count). The van der Waals surface area contributed by atoms with Gasteiger partial charge in [0.1, 0.15) is 0 Å². The Morgan fingerprint density at radius 2 is 1.65 bits per heavy atom. The van der Waals surface area contributed by atoms with E-state index < -0.39 is 5.91 Å². The van der Waals surface area contributed by atoms with Crippen LogP contribution in [0.4, 0.5) is 5.69 Å². The van der Waals surface area contributed by atoms with Crippen molar-refractivity contribution in [1.82, 2.24) is 5.48 Å². The van der Waals surface area contributed by atoms with Crippen molar-refractivity contribution in [2.24, 2.45) is 0 Å². The molecule has 2 aromatic carbocycles. The second-order valence-corrected chi connectivity index (χ2v) is 4.92. The molecule has 0 unspecified atom stereocenters. The Hall–Kier alpha value is -2.70. The fourth-order valence-corrected chi connectivity index (χ4v) is 2.21. The van der Waals surface area contributed by atoms with Gasteiger partial charge in [0.15, 0.2) is 0 Å². The highest BCUT2D eigenvalue weighted by Crippen LogP contribution is 2.15. The average Bonchev–Trinajstić information content (AvgIpc) is 2.60. The minimum absolute atomic E-state index is 0.129. The number of para-hydroxylation sites is 1. The van der Waals surface area contributed by atoms with Gasteiger partial charge in [-0.15, -0.1) is 0 Å². The van der Waals surface area contributed by atoms with Gasteiger partial charge >= 0.3 is 0 Å². The molecule has 6 nitrogen and oxygen atoms in total. The minimum atomic E-state index is -0.603. The molecule has 2 aromatic rings. The molecule has 0 aromatic heterocycles. The highest BCUT2D eigenvalue weighted by Gasteiger charge is 2.15. The van der Waals surface area contributed by atoms with Gasteiger partial charge in [0.2, 0.25) is 5.91 Å². The largest absolute Gasteiger partial charge is 0.395 e. The van der Waals surface area contributed by atoms with E-state index in [0.717, 1.165) is 11.3 Å². The highest BCUT2D eigenvalue weighted by atomic mass is 16.5. The van der Waals surface area contributed by atoms with Crippen LogP contribution in [0.5, 0.6) is 0 Å². The Labute approximate surface area is 133 Å². The summed E-state index contributed by atoms with van der Waals surface area (Å²) < 4.78 is 0. The number of amides is 2. The smallest absolute Gasteiger partial charge is 0.274 e. The van der Waals surface area contributed by atoms with E-state index >= 15 is 0 Å². The second kappa shape index (κ2) is 8.07. The lowest BCUT2D eigenvalue weighted by Gasteiger charge is -2.22. The molecule has 0 aliphatic heterocycles. The van der Waals surface area contributed by atoms with E-state index in [-0.39, 0.29) is 25.5 Å². The molecular formula is C17H18N2O4. The van der Waals surface area contributed by atoms with Crippen molar-refractivity contribution in [1.29, 1.82) is 0 Å². The molecule has 0 bridgehead atoms. The number of hydrogen-bond donors (Lipinski definition) is 3. The van der Waals surface area contributed by atoms with E-state index in [0.29, 0.717) is 5.56 Å². The first-order valence-corrected chi connectivity index (χ1v) is 7.15. The first kappa shape index (κ1) is 16.7. The number of carbonyl (C=O) groups is 2. The summed E-state index contributed by atoms with van der Waals surface area (Å²) in [5.74, 6) is -0.751. The monoisotopic (exact) mass is 314 g/mol. The fourth-order valence-electron chi connectivity index (χ4n) is 2.21. The molecule has 23 heavy (non-hydrogen) atoms. The quantitative estimate of drug-likeness (QED) is 0.555. The van der Waals surface area contributed by atoms with Gasteiger partial charge in [-0.2, -0.15) is 0 Å². The predicted octanol–water partition coefficient (Wildman–Crippen LogP) is 1.37. The lowest BCUT2D eigenvalue weighted by atomic mass is 10.1. The molecule has 0 aliphatic rings. The van der Waals surface area contributed by atoms with Crippen molar-refractivity contribution in [3.05, 3.63) is 65.7 Å². The van der Waals surface area contributed by atoms with Gasteiger partial charge in [0.25, 0.3) is 5.91 Å².